The first kappa shape index (κ1) is 36.6. The summed E-state index contributed by atoms with van der Waals surface area (Å²) in [4.78, 5) is 43.2. The molecule has 4 heterocycles. The minimum absolute atomic E-state index is 0. The topological polar surface area (TPSA) is 104 Å². The number of hydrogen-bond donors (Lipinski definition) is 0. The molecule has 0 aliphatic heterocycles. The van der Waals surface area contributed by atoms with Crippen LogP contribution in [0.4, 0.5) is 0 Å². The van der Waals surface area contributed by atoms with E-state index < -0.39 is 11.9 Å². The maximum Gasteiger partial charge on any atom is 0.338 e. The number of esters is 2. The van der Waals surface area contributed by atoms with Crippen LogP contribution in [0.25, 0.3) is 77.3 Å². The van der Waals surface area contributed by atoms with Crippen LogP contribution in [0, 0.1) is 0 Å². The second kappa shape index (κ2) is 16.1. The van der Waals surface area contributed by atoms with Gasteiger partial charge < -0.3 is 9.47 Å². The zero-order chi connectivity index (χ0) is 37.0. The molecule has 8 nitrogen and oxygen atoms in total. The molecule has 0 fully saturated rings. The summed E-state index contributed by atoms with van der Waals surface area (Å²) in [6.45, 7) is 0. The average Bonchev–Trinajstić information content (AvgIpc) is 3.25. The Bertz CT molecular complexity index is 2650. The smallest absolute Gasteiger partial charge is 0.338 e. The number of nitrogens with zero attached hydrogens (tertiary/aromatic N) is 4. The quantitative estimate of drug-likeness (QED) is 0.0969. The molecular weight excluding hydrogens is 736 g/mol. The number of carbonyl (C=O) groups is 2. The molecule has 0 bridgehead atoms. The monoisotopic (exact) mass is 767 g/mol. The van der Waals surface area contributed by atoms with Gasteiger partial charge in [0, 0.05) is 51.0 Å². The molecule has 1 radical (unpaired) electrons. The molecule has 5 aromatic carbocycles. The van der Waals surface area contributed by atoms with Crippen LogP contribution >= 0.6 is 0 Å². The van der Waals surface area contributed by atoms with E-state index in [2.05, 4.69) is 92.7 Å². The minimum atomic E-state index is -0.464. The molecule has 0 N–H and O–H groups in total. The standard InChI is InChI=1S/C24H16N2.C22H16N2O4.Cu/c1-3-7-17(8-4-1)19-13-15-25-23-21(19)11-12-22-20(14-16-26-24(22)23)18-9-5-2-6-10-18;1-27-21(25)15-11-19(23-17-9-5-3-7-13(15)17)20-12-16(22(26)28-2)14-8-4-6-10-18(14)24-20;/h1-16H;3-12H,1-2H3;. The van der Waals surface area contributed by atoms with E-state index in [4.69, 9.17) is 9.47 Å². The predicted molar refractivity (Wildman–Crippen MR) is 213 cm³/mol. The fraction of sp³-hybridized carbons (Fsp3) is 0.0435. The molecular formula is C46H32CuN4O4. The van der Waals surface area contributed by atoms with Gasteiger partial charge in [-0.1, -0.05) is 109 Å². The van der Waals surface area contributed by atoms with E-state index >= 15 is 0 Å². The molecule has 271 valence electrons. The second-order valence-corrected chi connectivity index (χ2v) is 12.4. The first-order valence-electron chi connectivity index (χ1n) is 17.3. The molecule has 0 aliphatic carbocycles. The van der Waals surface area contributed by atoms with Crippen molar-refractivity contribution in [2.75, 3.05) is 14.2 Å². The molecule has 0 spiro atoms. The predicted octanol–water partition coefficient (Wildman–Crippen LogP) is 10.1. The van der Waals surface area contributed by atoms with Gasteiger partial charge in [0.1, 0.15) is 0 Å². The Morgan fingerprint density at radius 2 is 0.836 bits per heavy atom. The summed E-state index contributed by atoms with van der Waals surface area (Å²) in [7, 11) is 2.67. The zero-order valence-corrected chi connectivity index (χ0v) is 30.7. The van der Waals surface area contributed by atoms with Gasteiger partial charge in [-0.15, -0.1) is 0 Å². The molecule has 0 unspecified atom stereocenters. The van der Waals surface area contributed by atoms with Crippen molar-refractivity contribution >= 4 is 55.6 Å². The number of carbonyl (C=O) groups excluding carboxylic acids is 2. The van der Waals surface area contributed by atoms with Crippen LogP contribution in [-0.2, 0) is 26.5 Å². The second-order valence-electron chi connectivity index (χ2n) is 12.4. The van der Waals surface area contributed by atoms with Gasteiger partial charge >= 0.3 is 11.9 Å². The normalized spacial score (nSPS) is 10.7. The van der Waals surface area contributed by atoms with E-state index in [-0.39, 0.29) is 17.1 Å². The van der Waals surface area contributed by atoms with Crippen LogP contribution in [0.1, 0.15) is 20.7 Å². The van der Waals surface area contributed by atoms with Crippen molar-refractivity contribution in [3.05, 3.63) is 169 Å². The summed E-state index contributed by atoms with van der Waals surface area (Å²) in [6.07, 6.45) is 3.75. The van der Waals surface area contributed by atoms with E-state index in [1.807, 2.05) is 73.1 Å². The number of aromatic nitrogens is 4. The maximum absolute atomic E-state index is 12.3. The van der Waals surface area contributed by atoms with E-state index in [0.29, 0.717) is 44.3 Å². The molecule has 0 aliphatic rings. The van der Waals surface area contributed by atoms with Gasteiger partial charge in [-0.25, -0.2) is 19.6 Å². The molecule has 0 saturated heterocycles. The molecule has 0 saturated carbocycles. The Hall–Kier alpha value is -6.80. The molecule has 55 heavy (non-hydrogen) atoms. The van der Waals surface area contributed by atoms with E-state index in [1.54, 1.807) is 12.1 Å². The fourth-order valence-corrected chi connectivity index (χ4v) is 6.74. The summed E-state index contributed by atoms with van der Waals surface area (Å²) < 4.78 is 9.85. The number of benzene rings is 5. The Morgan fingerprint density at radius 1 is 0.455 bits per heavy atom. The van der Waals surface area contributed by atoms with Gasteiger partial charge in [0.15, 0.2) is 0 Å². The number of hydrogen-bond acceptors (Lipinski definition) is 8. The van der Waals surface area contributed by atoms with Crippen molar-refractivity contribution in [3.63, 3.8) is 0 Å². The Labute approximate surface area is 327 Å². The third-order valence-electron chi connectivity index (χ3n) is 9.30. The van der Waals surface area contributed by atoms with Gasteiger partial charge in [0.05, 0.1) is 58.8 Å². The van der Waals surface area contributed by atoms with E-state index in [9.17, 15) is 9.59 Å². The summed E-state index contributed by atoms with van der Waals surface area (Å²) in [5.74, 6) is -0.928. The minimum Gasteiger partial charge on any atom is -0.465 e. The molecule has 4 aromatic heterocycles. The Balaban J connectivity index is 0.000000166. The maximum atomic E-state index is 12.3. The molecule has 9 aromatic rings. The van der Waals surface area contributed by atoms with Crippen molar-refractivity contribution in [2.45, 2.75) is 0 Å². The fourth-order valence-electron chi connectivity index (χ4n) is 6.74. The van der Waals surface area contributed by atoms with Crippen molar-refractivity contribution in [1.29, 1.82) is 0 Å². The van der Waals surface area contributed by atoms with Crippen LogP contribution < -0.4 is 0 Å². The van der Waals surface area contributed by atoms with Crippen LogP contribution in [0.15, 0.2) is 158 Å². The first-order valence-corrected chi connectivity index (χ1v) is 17.3. The van der Waals surface area contributed by atoms with Gasteiger partial charge in [-0.2, -0.15) is 0 Å². The first-order chi connectivity index (χ1) is 26.5. The summed E-state index contributed by atoms with van der Waals surface area (Å²) in [5.41, 5.74) is 9.62. The van der Waals surface area contributed by atoms with Crippen molar-refractivity contribution in [2.24, 2.45) is 0 Å². The van der Waals surface area contributed by atoms with Crippen molar-refractivity contribution < 1.29 is 36.1 Å². The van der Waals surface area contributed by atoms with E-state index in [0.717, 1.165) is 21.8 Å². The third kappa shape index (κ3) is 7.14. The Morgan fingerprint density at radius 3 is 1.24 bits per heavy atom. The number of methoxy groups -OCH3 is 2. The third-order valence-corrected chi connectivity index (χ3v) is 9.30. The van der Waals surface area contributed by atoms with Crippen molar-refractivity contribution in [3.8, 4) is 33.6 Å². The molecule has 0 amide bonds. The van der Waals surface area contributed by atoms with Gasteiger partial charge in [-0.05, 0) is 58.7 Å². The summed E-state index contributed by atoms with van der Waals surface area (Å²) >= 11 is 0. The van der Waals surface area contributed by atoms with Crippen LogP contribution in [0.3, 0.4) is 0 Å². The van der Waals surface area contributed by atoms with Crippen molar-refractivity contribution in [1.82, 2.24) is 19.9 Å². The zero-order valence-electron chi connectivity index (χ0n) is 29.7. The summed E-state index contributed by atoms with van der Waals surface area (Å²) in [5, 5.41) is 3.63. The van der Waals surface area contributed by atoms with Crippen LogP contribution in [0.2, 0.25) is 0 Å². The van der Waals surface area contributed by atoms with Gasteiger partial charge in [0.2, 0.25) is 0 Å². The largest absolute Gasteiger partial charge is 0.465 e. The van der Waals surface area contributed by atoms with E-state index in [1.165, 1.54) is 36.5 Å². The Kier molecular flexibility index (Phi) is 10.7. The number of ether oxygens (including phenoxy) is 2. The SMILES string of the molecule is COC(=O)c1cc(-c2cc(C(=O)OC)c3ccccc3n2)nc2ccccc12.[Cu].c1ccc(-c2ccnc3c2ccc2c(-c4ccccc4)ccnc23)cc1. The number of para-hydroxylation sites is 2. The number of rotatable bonds is 5. The number of fused-ring (bicyclic) bond motifs is 5. The van der Waals surface area contributed by atoms with Gasteiger partial charge in [-0.3, -0.25) is 9.97 Å². The van der Waals surface area contributed by atoms with Crippen LogP contribution in [0.5, 0.6) is 0 Å². The van der Waals surface area contributed by atoms with Crippen LogP contribution in [-0.4, -0.2) is 46.1 Å². The number of pyridine rings is 4. The van der Waals surface area contributed by atoms with Gasteiger partial charge in [0.25, 0.3) is 0 Å². The molecule has 0 atom stereocenters. The molecule has 9 rings (SSSR count). The molecule has 9 heteroatoms. The average molecular weight is 768 g/mol. The summed E-state index contributed by atoms with van der Waals surface area (Å²) in [6, 6.07) is 47.2.